The zero-order chi connectivity index (χ0) is 21.1. The van der Waals surface area contributed by atoms with Crippen LogP contribution in [0.25, 0.3) is 0 Å². The van der Waals surface area contributed by atoms with E-state index in [0.717, 1.165) is 5.56 Å². The number of anilines is 1. The van der Waals surface area contributed by atoms with Crippen molar-refractivity contribution in [1.29, 1.82) is 0 Å². The fourth-order valence-electron chi connectivity index (χ4n) is 3.29. The Labute approximate surface area is 180 Å². The maximum atomic E-state index is 12.9. The van der Waals surface area contributed by atoms with Crippen molar-refractivity contribution in [2.45, 2.75) is 11.3 Å². The third kappa shape index (κ3) is 4.43. The minimum absolute atomic E-state index is 0.248. The average molecular weight is 449 g/mol. The second-order valence-electron chi connectivity index (χ2n) is 6.87. The molecule has 10 heteroatoms. The molecule has 0 aliphatic carbocycles. The number of sulfonamides is 1. The number of hydrogen-bond acceptors (Lipinski definition) is 7. The van der Waals surface area contributed by atoms with Crippen LogP contribution in [0.1, 0.15) is 11.4 Å². The van der Waals surface area contributed by atoms with E-state index in [1.165, 1.54) is 4.31 Å². The topological polar surface area (TPSA) is 88.8 Å². The van der Waals surface area contributed by atoms with Gasteiger partial charge >= 0.3 is 6.01 Å². The zero-order valence-corrected chi connectivity index (χ0v) is 17.9. The van der Waals surface area contributed by atoms with E-state index in [4.69, 9.17) is 20.9 Å². The van der Waals surface area contributed by atoms with Crippen LogP contribution >= 0.6 is 11.6 Å². The Morgan fingerprint density at radius 2 is 1.83 bits per heavy atom. The number of halogens is 1. The SMILES string of the molecule is COc1ccc(S(=O)(=O)N2CCN(c3nc(Cc4cccc(Cl)c4)no3)CC2)cc1. The maximum absolute atomic E-state index is 12.9. The van der Waals surface area contributed by atoms with E-state index in [0.29, 0.717) is 55.2 Å². The summed E-state index contributed by atoms with van der Waals surface area (Å²) in [5, 5.41) is 4.69. The van der Waals surface area contributed by atoms with Gasteiger partial charge in [0.15, 0.2) is 5.82 Å². The van der Waals surface area contributed by atoms with Crippen molar-refractivity contribution in [2.24, 2.45) is 0 Å². The third-order valence-corrected chi connectivity index (χ3v) is 7.06. The number of methoxy groups -OCH3 is 1. The van der Waals surface area contributed by atoms with Gasteiger partial charge in [0.1, 0.15) is 5.75 Å². The average Bonchev–Trinajstić information content (AvgIpc) is 3.22. The largest absolute Gasteiger partial charge is 0.497 e. The van der Waals surface area contributed by atoms with Crippen molar-refractivity contribution in [2.75, 3.05) is 38.2 Å². The van der Waals surface area contributed by atoms with Crippen molar-refractivity contribution < 1.29 is 17.7 Å². The van der Waals surface area contributed by atoms with Crippen LogP contribution in [0, 0.1) is 0 Å². The van der Waals surface area contributed by atoms with Crippen LogP contribution in [-0.2, 0) is 16.4 Å². The first-order valence-electron chi connectivity index (χ1n) is 9.42. The highest BCUT2D eigenvalue weighted by atomic mass is 35.5. The lowest BCUT2D eigenvalue weighted by atomic mass is 10.1. The van der Waals surface area contributed by atoms with E-state index in [1.54, 1.807) is 31.4 Å². The summed E-state index contributed by atoms with van der Waals surface area (Å²) in [6.45, 7) is 1.60. The van der Waals surface area contributed by atoms with E-state index >= 15 is 0 Å². The van der Waals surface area contributed by atoms with E-state index in [2.05, 4.69) is 10.1 Å². The van der Waals surface area contributed by atoms with Gasteiger partial charge in [-0.05, 0) is 42.0 Å². The fraction of sp³-hybridized carbons (Fsp3) is 0.300. The molecule has 0 spiro atoms. The number of benzene rings is 2. The van der Waals surface area contributed by atoms with Crippen LogP contribution < -0.4 is 9.64 Å². The minimum Gasteiger partial charge on any atom is -0.497 e. The van der Waals surface area contributed by atoms with Crippen molar-refractivity contribution in [3.63, 3.8) is 0 Å². The smallest absolute Gasteiger partial charge is 0.324 e. The lowest BCUT2D eigenvalue weighted by Crippen LogP contribution is -2.48. The molecule has 0 bridgehead atoms. The van der Waals surface area contributed by atoms with Crippen LogP contribution in [0.3, 0.4) is 0 Å². The summed E-state index contributed by atoms with van der Waals surface area (Å²) < 4.78 is 37.7. The molecule has 2 aromatic carbocycles. The highest BCUT2D eigenvalue weighted by Gasteiger charge is 2.30. The molecule has 8 nitrogen and oxygen atoms in total. The molecular weight excluding hydrogens is 428 g/mol. The van der Waals surface area contributed by atoms with Gasteiger partial charge in [-0.25, -0.2) is 8.42 Å². The van der Waals surface area contributed by atoms with Gasteiger partial charge < -0.3 is 14.2 Å². The van der Waals surface area contributed by atoms with Gasteiger partial charge in [-0.1, -0.05) is 28.9 Å². The van der Waals surface area contributed by atoms with Crippen LogP contribution in [0.15, 0.2) is 57.9 Å². The van der Waals surface area contributed by atoms with Crippen molar-refractivity contribution in [3.8, 4) is 5.75 Å². The molecule has 0 saturated carbocycles. The Bertz CT molecular complexity index is 1110. The minimum atomic E-state index is -3.56. The molecular formula is C20H21ClN4O4S. The van der Waals surface area contributed by atoms with Gasteiger partial charge in [0.2, 0.25) is 10.0 Å². The Morgan fingerprint density at radius 1 is 1.10 bits per heavy atom. The first-order chi connectivity index (χ1) is 14.5. The second kappa shape index (κ2) is 8.63. The Balaban J connectivity index is 1.39. The van der Waals surface area contributed by atoms with Gasteiger partial charge in [0, 0.05) is 37.6 Å². The quantitative estimate of drug-likeness (QED) is 0.572. The molecule has 0 radical (unpaired) electrons. The van der Waals surface area contributed by atoms with E-state index in [-0.39, 0.29) is 4.90 Å². The Kier molecular flexibility index (Phi) is 5.94. The number of aromatic nitrogens is 2. The molecule has 0 N–H and O–H groups in total. The number of rotatable bonds is 6. The predicted octanol–water partition coefficient (Wildman–Crippen LogP) is 2.83. The van der Waals surface area contributed by atoms with Gasteiger partial charge in [-0.3, -0.25) is 0 Å². The number of nitrogens with zero attached hydrogens (tertiary/aromatic N) is 4. The molecule has 1 aliphatic heterocycles. The summed E-state index contributed by atoms with van der Waals surface area (Å²) in [5.74, 6) is 1.17. The summed E-state index contributed by atoms with van der Waals surface area (Å²) in [6, 6.07) is 14.3. The number of ether oxygens (including phenoxy) is 1. The fourth-order valence-corrected chi connectivity index (χ4v) is 4.93. The maximum Gasteiger partial charge on any atom is 0.324 e. The standard InChI is InChI=1S/C20H21ClN4O4S/c1-28-17-5-7-18(8-6-17)30(26,27)25-11-9-24(10-12-25)20-22-19(23-29-20)14-15-3-2-4-16(21)13-15/h2-8,13H,9-12,14H2,1H3. The lowest BCUT2D eigenvalue weighted by molar-refractivity contribution is 0.353. The Hall–Kier alpha value is -2.62. The lowest BCUT2D eigenvalue weighted by Gasteiger charge is -2.32. The number of piperazine rings is 1. The zero-order valence-electron chi connectivity index (χ0n) is 16.4. The van der Waals surface area contributed by atoms with Gasteiger partial charge in [0.25, 0.3) is 0 Å². The highest BCUT2D eigenvalue weighted by Crippen LogP contribution is 2.22. The molecule has 2 heterocycles. The molecule has 1 aromatic heterocycles. The van der Waals surface area contributed by atoms with E-state index < -0.39 is 10.0 Å². The summed E-state index contributed by atoms with van der Waals surface area (Å²) in [7, 11) is -2.02. The van der Waals surface area contributed by atoms with Crippen molar-refractivity contribution >= 4 is 27.6 Å². The summed E-state index contributed by atoms with van der Waals surface area (Å²) in [6.07, 6.45) is 0.510. The monoisotopic (exact) mass is 448 g/mol. The third-order valence-electron chi connectivity index (χ3n) is 4.92. The van der Waals surface area contributed by atoms with Crippen LogP contribution in [0.4, 0.5) is 6.01 Å². The molecule has 0 amide bonds. The van der Waals surface area contributed by atoms with Gasteiger partial charge in [-0.2, -0.15) is 9.29 Å². The molecule has 1 aliphatic rings. The van der Waals surface area contributed by atoms with Crippen LogP contribution in [-0.4, -0.2) is 56.2 Å². The normalized spacial score (nSPS) is 15.3. The molecule has 0 atom stereocenters. The Morgan fingerprint density at radius 3 is 2.50 bits per heavy atom. The summed E-state index contributed by atoms with van der Waals surface area (Å²) >= 11 is 6.02. The highest BCUT2D eigenvalue weighted by molar-refractivity contribution is 7.89. The first-order valence-corrected chi connectivity index (χ1v) is 11.2. The molecule has 30 heavy (non-hydrogen) atoms. The van der Waals surface area contributed by atoms with Gasteiger partial charge in [0.05, 0.1) is 12.0 Å². The summed E-state index contributed by atoms with van der Waals surface area (Å²) in [5.41, 5.74) is 0.991. The molecule has 3 aromatic rings. The van der Waals surface area contributed by atoms with E-state index in [9.17, 15) is 8.42 Å². The molecule has 0 unspecified atom stereocenters. The first kappa shape index (κ1) is 20.6. The number of hydrogen-bond donors (Lipinski definition) is 0. The van der Waals surface area contributed by atoms with Crippen LogP contribution in [0.2, 0.25) is 5.02 Å². The molecule has 1 fully saturated rings. The molecule has 1 saturated heterocycles. The van der Waals surface area contributed by atoms with Crippen LogP contribution in [0.5, 0.6) is 5.75 Å². The van der Waals surface area contributed by atoms with Crippen molar-refractivity contribution in [1.82, 2.24) is 14.4 Å². The van der Waals surface area contributed by atoms with E-state index in [1.807, 2.05) is 29.2 Å². The second-order valence-corrected chi connectivity index (χ2v) is 9.24. The predicted molar refractivity (Wildman–Crippen MR) is 113 cm³/mol. The van der Waals surface area contributed by atoms with Gasteiger partial charge in [-0.15, -0.1) is 0 Å². The van der Waals surface area contributed by atoms with Crippen molar-refractivity contribution in [3.05, 3.63) is 64.9 Å². The molecule has 158 valence electrons. The summed E-state index contributed by atoms with van der Waals surface area (Å²) in [4.78, 5) is 6.59. The molecule has 4 rings (SSSR count).